The molecule has 0 unspecified atom stereocenters. The summed E-state index contributed by atoms with van der Waals surface area (Å²) in [7, 11) is 0. The van der Waals surface area contributed by atoms with Crippen LogP contribution in [-0.4, -0.2) is 52.1 Å². The van der Waals surface area contributed by atoms with E-state index >= 15 is 0 Å². The highest BCUT2D eigenvalue weighted by molar-refractivity contribution is 5.82. The van der Waals surface area contributed by atoms with Crippen LogP contribution in [0.5, 0.6) is 5.75 Å². The molecule has 1 saturated heterocycles. The zero-order valence-electron chi connectivity index (χ0n) is 17.4. The number of aliphatic hydroxyl groups is 1. The molecular formula is C23H20F3N3O4. The number of carbonyl (C=O) groups excluding carboxylic acids is 1. The summed E-state index contributed by atoms with van der Waals surface area (Å²) in [5, 5.41) is 13.3. The first-order chi connectivity index (χ1) is 15.8. The second kappa shape index (κ2) is 7.87. The molecule has 1 N–H and O–H groups in total. The van der Waals surface area contributed by atoms with Gasteiger partial charge in [-0.05, 0) is 48.2 Å². The number of halogens is 3. The molecule has 10 heteroatoms. The summed E-state index contributed by atoms with van der Waals surface area (Å²) in [5.41, 5.74) is 3.15. The Balaban J connectivity index is 1.42. The third-order valence-electron chi connectivity index (χ3n) is 6.31. The zero-order chi connectivity index (χ0) is 23.2. The molecule has 1 aliphatic heterocycles. The predicted octanol–water partition coefficient (Wildman–Crippen LogP) is 3.71. The number of rotatable bonds is 5. The number of aliphatic hydroxyl groups excluding tert-OH is 1. The van der Waals surface area contributed by atoms with E-state index in [4.69, 9.17) is 4.52 Å². The van der Waals surface area contributed by atoms with E-state index in [2.05, 4.69) is 14.9 Å². The minimum absolute atomic E-state index is 0.0436. The van der Waals surface area contributed by atoms with Gasteiger partial charge in [-0.15, -0.1) is 13.2 Å². The third kappa shape index (κ3) is 3.95. The fraction of sp³-hybridized carbons (Fsp3) is 0.348. The first-order valence-electron chi connectivity index (χ1n) is 10.5. The molecule has 33 heavy (non-hydrogen) atoms. The molecule has 1 aromatic heterocycles. The fourth-order valence-corrected chi connectivity index (χ4v) is 4.89. The van der Waals surface area contributed by atoms with Gasteiger partial charge < -0.3 is 19.3 Å². The van der Waals surface area contributed by atoms with Crippen molar-refractivity contribution in [3.8, 4) is 28.6 Å². The van der Waals surface area contributed by atoms with Crippen LogP contribution in [0.25, 0.3) is 22.8 Å². The molecule has 7 nitrogen and oxygen atoms in total. The molecule has 5 rings (SSSR count). The minimum atomic E-state index is -4.76. The molecule has 0 bridgehead atoms. The van der Waals surface area contributed by atoms with Gasteiger partial charge in [0.25, 0.3) is 5.89 Å². The SMILES string of the molecule is O=C1C[C@@]2(CCc3c(-c4noc(-c5ccc(OC(F)(F)F)cc5)n4)cccc32)CN1CCO. The van der Waals surface area contributed by atoms with Crippen molar-refractivity contribution in [3.05, 3.63) is 53.6 Å². The van der Waals surface area contributed by atoms with Crippen molar-refractivity contribution >= 4 is 5.91 Å². The van der Waals surface area contributed by atoms with Crippen molar-refractivity contribution < 1.29 is 32.3 Å². The zero-order valence-corrected chi connectivity index (χ0v) is 17.4. The number of alkyl halides is 3. The maximum Gasteiger partial charge on any atom is 0.573 e. The number of fused-ring (bicyclic) bond motifs is 2. The fourth-order valence-electron chi connectivity index (χ4n) is 4.89. The van der Waals surface area contributed by atoms with Gasteiger partial charge >= 0.3 is 6.36 Å². The van der Waals surface area contributed by atoms with Crippen LogP contribution in [-0.2, 0) is 16.6 Å². The first-order valence-corrected chi connectivity index (χ1v) is 10.5. The maximum atomic E-state index is 12.5. The van der Waals surface area contributed by atoms with Crippen molar-refractivity contribution in [2.45, 2.75) is 31.0 Å². The van der Waals surface area contributed by atoms with Gasteiger partial charge in [-0.25, -0.2) is 0 Å². The lowest BCUT2D eigenvalue weighted by atomic mass is 9.80. The van der Waals surface area contributed by atoms with E-state index in [1.807, 2.05) is 18.2 Å². The molecule has 2 aliphatic rings. The van der Waals surface area contributed by atoms with E-state index in [1.54, 1.807) is 4.90 Å². The van der Waals surface area contributed by atoms with E-state index in [9.17, 15) is 23.1 Å². The topological polar surface area (TPSA) is 88.7 Å². The Morgan fingerprint density at radius 1 is 1.18 bits per heavy atom. The standard InChI is InChI=1S/C23H20F3N3O4/c24-23(25,26)32-15-6-4-14(5-7-15)21-27-20(28-33-21)17-2-1-3-18-16(17)8-9-22(18)12-19(31)29(13-22)10-11-30/h1-7,30H,8-13H2/t22-/m0/s1. The van der Waals surface area contributed by atoms with Gasteiger partial charge in [0.05, 0.1) is 6.61 Å². The van der Waals surface area contributed by atoms with Gasteiger partial charge in [-0.2, -0.15) is 4.98 Å². The maximum absolute atomic E-state index is 12.5. The number of nitrogens with zero attached hydrogens (tertiary/aromatic N) is 3. The Morgan fingerprint density at radius 3 is 2.70 bits per heavy atom. The van der Waals surface area contributed by atoms with Crippen LogP contribution in [0.1, 0.15) is 24.0 Å². The molecule has 1 fully saturated rings. The molecule has 0 radical (unpaired) electrons. The molecule has 1 aliphatic carbocycles. The Kier molecular flexibility index (Phi) is 5.12. The van der Waals surface area contributed by atoms with Crippen molar-refractivity contribution in [1.82, 2.24) is 15.0 Å². The van der Waals surface area contributed by atoms with Crippen LogP contribution in [0.3, 0.4) is 0 Å². The monoisotopic (exact) mass is 459 g/mol. The number of β-amino-alcohol motifs (C(OH)–C–C–N with tert-alkyl or cyclic N) is 1. The van der Waals surface area contributed by atoms with Crippen LogP contribution >= 0.6 is 0 Å². The predicted molar refractivity (Wildman–Crippen MR) is 110 cm³/mol. The summed E-state index contributed by atoms with van der Waals surface area (Å²) in [6.45, 7) is 0.840. The second-order valence-electron chi connectivity index (χ2n) is 8.32. The van der Waals surface area contributed by atoms with Crippen LogP contribution in [0.2, 0.25) is 0 Å². The van der Waals surface area contributed by atoms with Crippen molar-refractivity contribution in [1.29, 1.82) is 0 Å². The van der Waals surface area contributed by atoms with Crippen LogP contribution in [0, 0.1) is 0 Å². The lowest BCUT2D eigenvalue weighted by Crippen LogP contribution is -2.32. The number of hydrogen-bond acceptors (Lipinski definition) is 6. The van der Waals surface area contributed by atoms with E-state index < -0.39 is 6.36 Å². The number of likely N-dealkylation sites (tertiary alicyclic amines) is 1. The normalized spacial score (nSPS) is 20.0. The number of hydrogen-bond donors (Lipinski definition) is 1. The summed E-state index contributed by atoms with van der Waals surface area (Å²) < 4.78 is 46.3. The Bertz CT molecular complexity index is 1190. The number of carbonyl (C=O) groups is 1. The van der Waals surface area contributed by atoms with Crippen LogP contribution in [0.4, 0.5) is 13.2 Å². The molecule has 2 aromatic carbocycles. The Morgan fingerprint density at radius 2 is 1.97 bits per heavy atom. The largest absolute Gasteiger partial charge is 0.573 e. The highest BCUT2D eigenvalue weighted by atomic mass is 19.4. The Hall–Kier alpha value is -3.40. The van der Waals surface area contributed by atoms with Crippen LogP contribution < -0.4 is 4.74 Å². The summed E-state index contributed by atoms with van der Waals surface area (Å²) in [5.74, 6) is 0.269. The van der Waals surface area contributed by atoms with E-state index in [0.717, 1.165) is 29.5 Å². The molecule has 2 heterocycles. The van der Waals surface area contributed by atoms with Gasteiger partial charge in [0.1, 0.15) is 5.75 Å². The van der Waals surface area contributed by atoms with Gasteiger partial charge in [0.15, 0.2) is 0 Å². The first kappa shape index (κ1) is 21.4. The average Bonchev–Trinajstić information content (AvgIpc) is 3.47. The minimum Gasteiger partial charge on any atom is -0.406 e. The Labute approximate surface area is 186 Å². The quantitative estimate of drug-likeness (QED) is 0.626. The molecular weight excluding hydrogens is 439 g/mol. The highest BCUT2D eigenvalue weighted by Crippen LogP contribution is 2.48. The lowest BCUT2D eigenvalue weighted by molar-refractivity contribution is -0.274. The smallest absolute Gasteiger partial charge is 0.406 e. The number of ether oxygens (including phenoxy) is 1. The number of aromatic nitrogens is 2. The van der Waals surface area contributed by atoms with Crippen molar-refractivity contribution in [3.63, 3.8) is 0 Å². The summed E-state index contributed by atoms with van der Waals surface area (Å²) in [6, 6.07) is 11.0. The summed E-state index contributed by atoms with van der Waals surface area (Å²) in [6.07, 6.45) is -2.77. The molecule has 1 atom stereocenters. The number of benzene rings is 2. The van der Waals surface area contributed by atoms with Gasteiger partial charge in [-0.3, -0.25) is 4.79 Å². The van der Waals surface area contributed by atoms with E-state index in [-0.39, 0.29) is 29.6 Å². The summed E-state index contributed by atoms with van der Waals surface area (Å²) in [4.78, 5) is 18.6. The second-order valence-corrected chi connectivity index (χ2v) is 8.32. The molecule has 172 valence electrons. The lowest BCUT2D eigenvalue weighted by Gasteiger charge is -2.24. The average molecular weight is 459 g/mol. The summed E-state index contributed by atoms with van der Waals surface area (Å²) >= 11 is 0. The van der Waals surface area contributed by atoms with Gasteiger partial charge in [0, 0.05) is 36.1 Å². The van der Waals surface area contributed by atoms with Crippen LogP contribution in [0.15, 0.2) is 47.0 Å². The highest BCUT2D eigenvalue weighted by Gasteiger charge is 2.48. The number of amides is 1. The van der Waals surface area contributed by atoms with Crippen molar-refractivity contribution in [2.24, 2.45) is 0 Å². The third-order valence-corrected chi connectivity index (χ3v) is 6.31. The molecule has 3 aromatic rings. The molecule has 0 saturated carbocycles. The van der Waals surface area contributed by atoms with Crippen molar-refractivity contribution in [2.75, 3.05) is 19.7 Å². The van der Waals surface area contributed by atoms with E-state index in [1.165, 1.54) is 24.3 Å². The molecule has 1 spiro atoms. The van der Waals surface area contributed by atoms with Gasteiger partial charge in [0.2, 0.25) is 11.7 Å². The molecule has 1 amide bonds. The van der Waals surface area contributed by atoms with E-state index in [0.29, 0.717) is 30.9 Å². The van der Waals surface area contributed by atoms with Gasteiger partial charge in [-0.1, -0.05) is 23.4 Å².